The average Bonchev–Trinajstić information content (AvgIpc) is 3.69. The van der Waals surface area contributed by atoms with Crippen molar-refractivity contribution >= 4 is 17.1 Å². The lowest BCUT2D eigenvalue weighted by molar-refractivity contribution is 0.314. The van der Waals surface area contributed by atoms with E-state index in [0.29, 0.717) is 0 Å². The molecule has 5 unspecified atom stereocenters. The third-order valence-corrected chi connectivity index (χ3v) is 11.3. The SMILES string of the molecule is c1ccc(C2NC(c3ccc4c(c3)-c3ccccc3C43c4ccccc4N(c4ccccc4)c4ccccc43)N3C(c4ccccc4)N23)cc1. The number of para-hydroxylation sites is 3. The van der Waals surface area contributed by atoms with Gasteiger partial charge in [0, 0.05) is 5.69 Å². The van der Waals surface area contributed by atoms with Gasteiger partial charge in [0.2, 0.25) is 0 Å². The summed E-state index contributed by atoms with van der Waals surface area (Å²) in [5, 5.41) is 9.04. The fourth-order valence-corrected chi connectivity index (χ4v) is 9.27. The Labute approximate surface area is 292 Å². The topological polar surface area (TPSA) is 21.3 Å². The maximum atomic E-state index is 4.01. The van der Waals surface area contributed by atoms with Gasteiger partial charge in [0.05, 0.1) is 16.8 Å². The van der Waals surface area contributed by atoms with Crippen LogP contribution in [0.2, 0.25) is 0 Å². The molecule has 1 aliphatic carbocycles. The second-order valence-corrected chi connectivity index (χ2v) is 13.7. The Morgan fingerprint density at radius 1 is 0.400 bits per heavy atom. The second-order valence-electron chi connectivity index (χ2n) is 13.7. The molecule has 2 saturated heterocycles. The van der Waals surface area contributed by atoms with Gasteiger partial charge in [-0.15, -0.1) is 0 Å². The Hall–Kier alpha value is -5.78. The van der Waals surface area contributed by atoms with Gasteiger partial charge in [-0.25, -0.2) is 0 Å². The van der Waals surface area contributed by atoms with Gasteiger partial charge in [0.1, 0.15) is 18.5 Å². The minimum atomic E-state index is -0.447. The molecule has 50 heavy (non-hydrogen) atoms. The molecule has 5 atom stereocenters. The molecule has 238 valence electrons. The van der Waals surface area contributed by atoms with E-state index in [2.05, 4.69) is 202 Å². The fourth-order valence-electron chi connectivity index (χ4n) is 9.27. The highest BCUT2D eigenvalue weighted by atomic mass is 15.9. The molecule has 0 aromatic heterocycles. The fraction of sp³-hybridized carbons (Fsp3) is 0.0870. The minimum absolute atomic E-state index is 0.0407. The Balaban J connectivity index is 1.10. The van der Waals surface area contributed by atoms with Crippen LogP contribution in [-0.2, 0) is 5.41 Å². The standard InChI is InChI=1S/C46H34N4/c1-4-16-31(17-5-1)43-47-44(50-45(49(43)50)32-18-6-2-7-19-32)33-28-29-38-36(30-33)35-22-10-11-23-37(35)46(38)39-24-12-14-26-41(39)48(34-20-8-3-9-21-34)42-27-15-13-25-40(42)46/h1-30,43-45,47H. The van der Waals surface area contributed by atoms with Crippen molar-refractivity contribution in [1.29, 1.82) is 0 Å². The van der Waals surface area contributed by atoms with Crippen molar-refractivity contribution in [2.24, 2.45) is 0 Å². The zero-order valence-corrected chi connectivity index (χ0v) is 27.4. The highest BCUT2D eigenvalue weighted by molar-refractivity contribution is 5.95. The number of hydrogen-bond acceptors (Lipinski definition) is 4. The van der Waals surface area contributed by atoms with Crippen LogP contribution in [0.25, 0.3) is 11.1 Å². The maximum Gasteiger partial charge on any atom is 0.119 e. The minimum Gasteiger partial charge on any atom is -0.310 e. The first-order valence-corrected chi connectivity index (χ1v) is 17.5. The predicted molar refractivity (Wildman–Crippen MR) is 200 cm³/mol. The van der Waals surface area contributed by atoms with E-state index in [1.807, 2.05) is 0 Å². The molecular weight excluding hydrogens is 609 g/mol. The molecule has 0 amide bonds. The van der Waals surface area contributed by atoms with Crippen molar-refractivity contribution in [3.8, 4) is 11.1 Å². The van der Waals surface area contributed by atoms with Crippen LogP contribution in [0.15, 0.2) is 182 Å². The Morgan fingerprint density at radius 3 is 1.56 bits per heavy atom. The Bertz CT molecular complexity index is 2360. The number of hydrogen-bond donors (Lipinski definition) is 1. The van der Waals surface area contributed by atoms with Crippen LogP contribution >= 0.6 is 0 Å². The largest absolute Gasteiger partial charge is 0.310 e. The van der Waals surface area contributed by atoms with Crippen LogP contribution in [-0.4, -0.2) is 10.0 Å². The van der Waals surface area contributed by atoms with E-state index in [1.165, 1.54) is 67.1 Å². The molecule has 7 aromatic rings. The first kappa shape index (κ1) is 28.1. The van der Waals surface area contributed by atoms with Gasteiger partial charge in [-0.2, -0.15) is 10.0 Å². The van der Waals surface area contributed by atoms with Crippen LogP contribution in [0.4, 0.5) is 17.1 Å². The third-order valence-electron chi connectivity index (χ3n) is 11.3. The summed E-state index contributed by atoms with van der Waals surface area (Å²) in [5.74, 6) is 0. The number of hydrazine groups is 1. The highest BCUT2D eigenvalue weighted by Gasteiger charge is 2.60. The molecule has 1 N–H and O–H groups in total. The summed E-state index contributed by atoms with van der Waals surface area (Å²) >= 11 is 0. The van der Waals surface area contributed by atoms with E-state index >= 15 is 0 Å². The zero-order chi connectivity index (χ0) is 32.8. The zero-order valence-electron chi connectivity index (χ0n) is 27.4. The summed E-state index contributed by atoms with van der Waals surface area (Å²) in [6.07, 6.45) is 0.360. The van der Waals surface area contributed by atoms with Crippen LogP contribution in [0.3, 0.4) is 0 Å². The van der Waals surface area contributed by atoms with Gasteiger partial charge in [0.15, 0.2) is 0 Å². The van der Waals surface area contributed by atoms with E-state index in [0.717, 1.165) is 0 Å². The molecule has 3 heterocycles. The highest BCUT2D eigenvalue weighted by Crippen LogP contribution is 2.64. The summed E-state index contributed by atoms with van der Waals surface area (Å²) < 4.78 is 0. The van der Waals surface area contributed by atoms with Crippen LogP contribution in [0.5, 0.6) is 0 Å². The molecule has 11 rings (SSSR count). The maximum absolute atomic E-state index is 4.01. The van der Waals surface area contributed by atoms with Gasteiger partial charge in [-0.3, -0.25) is 5.32 Å². The van der Waals surface area contributed by atoms with Crippen molar-refractivity contribution in [3.63, 3.8) is 0 Å². The number of nitrogens with zero attached hydrogens (tertiary/aromatic N) is 3. The van der Waals surface area contributed by atoms with Gasteiger partial charge >= 0.3 is 0 Å². The average molecular weight is 643 g/mol. The van der Waals surface area contributed by atoms with Gasteiger partial charge in [-0.05, 0) is 80.4 Å². The summed E-state index contributed by atoms with van der Waals surface area (Å²) in [6, 6.07) is 66.9. The molecule has 7 aromatic carbocycles. The van der Waals surface area contributed by atoms with Gasteiger partial charge in [-0.1, -0.05) is 152 Å². The third kappa shape index (κ3) is 3.75. The molecule has 0 bridgehead atoms. The quantitative estimate of drug-likeness (QED) is 0.193. The predicted octanol–water partition coefficient (Wildman–Crippen LogP) is 10.4. The lowest BCUT2D eigenvalue weighted by atomic mass is 9.64. The van der Waals surface area contributed by atoms with Crippen molar-refractivity contribution < 1.29 is 0 Å². The normalized spacial score (nSPS) is 23.0. The molecule has 1 spiro atoms. The Kier molecular flexibility index (Phi) is 5.96. The monoisotopic (exact) mass is 642 g/mol. The summed E-state index contributed by atoms with van der Waals surface area (Å²) in [6.45, 7) is 0. The smallest absolute Gasteiger partial charge is 0.119 e. The molecule has 0 saturated carbocycles. The number of anilines is 3. The van der Waals surface area contributed by atoms with Gasteiger partial charge in [0.25, 0.3) is 0 Å². The molecule has 4 heteroatoms. The molecule has 0 radical (unpaired) electrons. The first-order chi connectivity index (χ1) is 24.8. The lowest BCUT2D eigenvalue weighted by Gasteiger charge is -2.45. The van der Waals surface area contributed by atoms with E-state index in [1.54, 1.807) is 0 Å². The summed E-state index contributed by atoms with van der Waals surface area (Å²) in [7, 11) is 0. The van der Waals surface area contributed by atoms with Crippen LogP contribution in [0.1, 0.15) is 57.4 Å². The van der Waals surface area contributed by atoms with Crippen molar-refractivity contribution in [3.05, 3.63) is 221 Å². The summed E-state index contributed by atoms with van der Waals surface area (Å²) in [4.78, 5) is 2.44. The van der Waals surface area contributed by atoms with E-state index in [9.17, 15) is 0 Å². The lowest BCUT2D eigenvalue weighted by Crippen LogP contribution is -2.36. The number of benzene rings is 7. The molecule has 4 aliphatic rings. The summed E-state index contributed by atoms with van der Waals surface area (Å²) in [5.41, 5.74) is 15.0. The molecule has 4 nitrogen and oxygen atoms in total. The van der Waals surface area contributed by atoms with E-state index < -0.39 is 5.41 Å². The van der Waals surface area contributed by atoms with Crippen molar-refractivity contribution in [2.45, 2.75) is 23.9 Å². The van der Waals surface area contributed by atoms with E-state index in [-0.39, 0.29) is 18.5 Å². The second kappa shape index (κ2) is 10.6. The van der Waals surface area contributed by atoms with Gasteiger partial charge < -0.3 is 4.90 Å². The number of nitrogens with one attached hydrogen (secondary N) is 1. The Morgan fingerprint density at radius 2 is 0.900 bits per heavy atom. The van der Waals surface area contributed by atoms with Crippen LogP contribution < -0.4 is 10.2 Å². The first-order valence-electron chi connectivity index (χ1n) is 17.5. The van der Waals surface area contributed by atoms with Crippen molar-refractivity contribution in [1.82, 2.24) is 15.3 Å². The number of fused-ring (bicyclic) bond motifs is 10. The van der Waals surface area contributed by atoms with Crippen LogP contribution in [0, 0.1) is 0 Å². The van der Waals surface area contributed by atoms with E-state index in [4.69, 9.17) is 0 Å². The van der Waals surface area contributed by atoms with Crippen molar-refractivity contribution in [2.75, 3.05) is 4.90 Å². The number of rotatable bonds is 4. The molecular formula is C46H34N4. The molecule has 2 fully saturated rings. The molecule has 3 aliphatic heterocycles.